The lowest BCUT2D eigenvalue weighted by Crippen LogP contribution is -2.46. The van der Waals surface area contributed by atoms with Gasteiger partial charge in [-0.3, -0.25) is 9.69 Å². The molecule has 1 saturated heterocycles. The van der Waals surface area contributed by atoms with Gasteiger partial charge in [0.2, 0.25) is 5.91 Å². The molecular weight excluding hydrogens is 362 g/mol. The van der Waals surface area contributed by atoms with Crippen molar-refractivity contribution in [1.82, 2.24) is 4.90 Å². The van der Waals surface area contributed by atoms with E-state index in [0.29, 0.717) is 6.42 Å². The second-order valence-corrected chi connectivity index (χ2v) is 8.24. The van der Waals surface area contributed by atoms with E-state index in [4.69, 9.17) is 10.5 Å². The number of nitrogens with two attached hydrogens (primary N) is 1. The molecular formula is C24H31N3O2. The van der Waals surface area contributed by atoms with Crippen LogP contribution in [0, 0.1) is 6.92 Å². The van der Waals surface area contributed by atoms with Gasteiger partial charge in [-0.2, -0.15) is 0 Å². The molecule has 0 aliphatic carbocycles. The summed E-state index contributed by atoms with van der Waals surface area (Å²) in [7, 11) is 0. The molecule has 2 aromatic carbocycles. The molecule has 1 unspecified atom stereocenters. The van der Waals surface area contributed by atoms with Crippen LogP contribution < -0.4 is 10.6 Å². The quantitative estimate of drug-likeness (QED) is 0.820. The predicted molar refractivity (Wildman–Crippen MR) is 116 cm³/mol. The van der Waals surface area contributed by atoms with Gasteiger partial charge in [-0.05, 0) is 48.6 Å². The number of carbonyl (C=O) groups is 1. The molecule has 0 aromatic heterocycles. The molecule has 2 heterocycles. The fraction of sp³-hybridized carbons (Fsp3) is 0.458. The van der Waals surface area contributed by atoms with E-state index < -0.39 is 0 Å². The molecule has 0 bridgehead atoms. The summed E-state index contributed by atoms with van der Waals surface area (Å²) in [5, 5.41) is 0. The molecule has 2 aliphatic heterocycles. The monoisotopic (exact) mass is 393 g/mol. The second kappa shape index (κ2) is 8.97. The standard InChI is InChI=1S/C24H31N3O2/c1-18-2-5-21(6-3-18)27-13-11-26(12-14-27)10-8-23-22-7-4-19(17-24(25)28)16-20(22)9-15-29-23/h2-7,16,23H,8-15,17H2,1H3,(H2,25,28). The molecule has 5 heteroatoms. The largest absolute Gasteiger partial charge is 0.373 e. The molecule has 4 rings (SSSR count). The van der Waals surface area contributed by atoms with E-state index in [1.165, 1.54) is 22.4 Å². The third-order valence-corrected chi connectivity index (χ3v) is 6.10. The average molecular weight is 394 g/mol. The van der Waals surface area contributed by atoms with Crippen LogP contribution in [0.15, 0.2) is 42.5 Å². The van der Waals surface area contributed by atoms with Crippen LogP contribution in [0.25, 0.3) is 0 Å². The summed E-state index contributed by atoms with van der Waals surface area (Å²) in [4.78, 5) is 16.2. The second-order valence-electron chi connectivity index (χ2n) is 8.24. The molecule has 5 nitrogen and oxygen atoms in total. The number of rotatable bonds is 6. The van der Waals surface area contributed by atoms with Crippen LogP contribution in [0.3, 0.4) is 0 Å². The van der Waals surface area contributed by atoms with Crippen LogP contribution in [0.5, 0.6) is 0 Å². The van der Waals surface area contributed by atoms with E-state index in [0.717, 1.165) is 57.7 Å². The highest BCUT2D eigenvalue weighted by molar-refractivity contribution is 5.76. The number of primary amides is 1. The summed E-state index contributed by atoms with van der Waals surface area (Å²) in [6.45, 7) is 8.25. The minimum absolute atomic E-state index is 0.150. The number of fused-ring (bicyclic) bond motifs is 1. The zero-order chi connectivity index (χ0) is 20.2. The van der Waals surface area contributed by atoms with Gasteiger partial charge in [-0.25, -0.2) is 0 Å². The molecule has 0 radical (unpaired) electrons. The number of aryl methyl sites for hydroxylation is 1. The first-order valence-corrected chi connectivity index (χ1v) is 10.6. The number of anilines is 1. The van der Waals surface area contributed by atoms with Gasteiger partial charge in [-0.15, -0.1) is 0 Å². The van der Waals surface area contributed by atoms with Gasteiger partial charge in [0, 0.05) is 38.4 Å². The van der Waals surface area contributed by atoms with Gasteiger partial charge in [0.05, 0.1) is 19.1 Å². The van der Waals surface area contributed by atoms with Crippen molar-refractivity contribution >= 4 is 11.6 Å². The molecule has 1 atom stereocenters. The van der Waals surface area contributed by atoms with Gasteiger partial charge in [0.15, 0.2) is 0 Å². The van der Waals surface area contributed by atoms with E-state index >= 15 is 0 Å². The smallest absolute Gasteiger partial charge is 0.221 e. The topological polar surface area (TPSA) is 58.8 Å². The Morgan fingerprint density at radius 2 is 1.86 bits per heavy atom. The van der Waals surface area contributed by atoms with E-state index in [2.05, 4.69) is 53.1 Å². The summed E-state index contributed by atoms with van der Waals surface area (Å²) in [6.07, 6.45) is 2.38. The number of nitrogens with zero attached hydrogens (tertiary/aromatic N) is 2. The molecule has 2 N–H and O–H groups in total. The van der Waals surface area contributed by atoms with Crippen molar-refractivity contribution in [3.63, 3.8) is 0 Å². The van der Waals surface area contributed by atoms with Crippen molar-refractivity contribution in [2.45, 2.75) is 32.3 Å². The summed E-state index contributed by atoms with van der Waals surface area (Å²) >= 11 is 0. The number of piperazine rings is 1. The summed E-state index contributed by atoms with van der Waals surface area (Å²) in [5.41, 5.74) is 11.6. The first-order valence-electron chi connectivity index (χ1n) is 10.6. The minimum Gasteiger partial charge on any atom is -0.373 e. The Hall–Kier alpha value is -2.37. The van der Waals surface area contributed by atoms with E-state index in [-0.39, 0.29) is 12.0 Å². The maximum Gasteiger partial charge on any atom is 0.221 e. The summed E-state index contributed by atoms with van der Waals surface area (Å²) < 4.78 is 6.09. The SMILES string of the molecule is Cc1ccc(N2CCN(CCC3OCCc4cc(CC(N)=O)ccc43)CC2)cc1. The Morgan fingerprint density at radius 3 is 2.59 bits per heavy atom. The Bertz CT molecular complexity index is 842. The summed E-state index contributed by atoms with van der Waals surface area (Å²) in [5.74, 6) is -0.279. The van der Waals surface area contributed by atoms with E-state index in [1.54, 1.807) is 0 Å². The lowest BCUT2D eigenvalue weighted by Gasteiger charge is -2.37. The van der Waals surface area contributed by atoms with Crippen LogP contribution in [0.4, 0.5) is 5.69 Å². The van der Waals surface area contributed by atoms with Crippen molar-refractivity contribution in [1.29, 1.82) is 0 Å². The number of amides is 1. The highest BCUT2D eigenvalue weighted by Crippen LogP contribution is 2.31. The lowest BCUT2D eigenvalue weighted by molar-refractivity contribution is -0.117. The molecule has 1 amide bonds. The number of hydrogen-bond donors (Lipinski definition) is 1. The maximum absolute atomic E-state index is 11.2. The Morgan fingerprint density at radius 1 is 1.10 bits per heavy atom. The Balaban J connectivity index is 1.30. The van der Waals surface area contributed by atoms with Crippen LogP contribution in [0.1, 0.15) is 34.8 Å². The molecule has 29 heavy (non-hydrogen) atoms. The molecule has 0 saturated carbocycles. The third-order valence-electron chi connectivity index (χ3n) is 6.10. The van der Waals surface area contributed by atoms with E-state index in [9.17, 15) is 4.79 Å². The Labute approximate surface area is 173 Å². The van der Waals surface area contributed by atoms with Crippen LogP contribution in [-0.2, 0) is 22.4 Å². The van der Waals surface area contributed by atoms with Crippen LogP contribution in [-0.4, -0.2) is 50.1 Å². The van der Waals surface area contributed by atoms with Crippen LogP contribution >= 0.6 is 0 Å². The zero-order valence-corrected chi connectivity index (χ0v) is 17.3. The first kappa shape index (κ1) is 19.9. The van der Waals surface area contributed by atoms with Gasteiger partial charge in [0.1, 0.15) is 0 Å². The Kier molecular flexibility index (Phi) is 6.16. The normalized spacial score (nSPS) is 19.8. The average Bonchev–Trinajstić information content (AvgIpc) is 2.72. The molecule has 154 valence electrons. The fourth-order valence-corrected chi connectivity index (χ4v) is 4.43. The fourth-order valence-electron chi connectivity index (χ4n) is 4.43. The number of carbonyl (C=O) groups excluding carboxylic acids is 1. The minimum atomic E-state index is -0.279. The molecule has 0 spiro atoms. The highest BCUT2D eigenvalue weighted by Gasteiger charge is 2.23. The van der Waals surface area contributed by atoms with Gasteiger partial charge in [-0.1, -0.05) is 35.9 Å². The van der Waals surface area contributed by atoms with Crippen molar-refractivity contribution in [3.8, 4) is 0 Å². The van der Waals surface area contributed by atoms with Crippen LogP contribution in [0.2, 0.25) is 0 Å². The maximum atomic E-state index is 11.2. The van der Waals surface area contributed by atoms with Crippen molar-refractivity contribution in [3.05, 3.63) is 64.7 Å². The zero-order valence-electron chi connectivity index (χ0n) is 17.3. The highest BCUT2D eigenvalue weighted by atomic mass is 16.5. The molecule has 2 aliphatic rings. The van der Waals surface area contributed by atoms with Crippen molar-refractivity contribution < 1.29 is 9.53 Å². The number of ether oxygens (including phenoxy) is 1. The number of hydrogen-bond acceptors (Lipinski definition) is 4. The van der Waals surface area contributed by atoms with Gasteiger partial charge in [0.25, 0.3) is 0 Å². The van der Waals surface area contributed by atoms with Gasteiger partial charge >= 0.3 is 0 Å². The third kappa shape index (κ3) is 4.98. The predicted octanol–water partition coefficient (Wildman–Crippen LogP) is 2.85. The van der Waals surface area contributed by atoms with Gasteiger partial charge < -0.3 is 15.4 Å². The molecule has 1 fully saturated rings. The van der Waals surface area contributed by atoms with Crippen molar-refractivity contribution in [2.75, 3.05) is 44.2 Å². The van der Waals surface area contributed by atoms with Crippen molar-refractivity contribution in [2.24, 2.45) is 5.73 Å². The van der Waals surface area contributed by atoms with E-state index in [1.807, 2.05) is 6.07 Å². The summed E-state index contributed by atoms with van der Waals surface area (Å²) in [6, 6.07) is 15.1. The molecule has 2 aromatic rings. The lowest BCUT2D eigenvalue weighted by atomic mass is 9.93. The first-order chi connectivity index (χ1) is 14.1. The number of benzene rings is 2.